The van der Waals surface area contributed by atoms with Crippen molar-refractivity contribution in [1.82, 2.24) is 10.3 Å². The lowest BCUT2D eigenvalue weighted by molar-refractivity contribution is -0.127. The third kappa shape index (κ3) is 6.56. The molecular weight excluding hydrogens is 558 g/mol. The normalized spacial score (nSPS) is 14.1. The third-order valence-corrected chi connectivity index (χ3v) is 8.13. The summed E-state index contributed by atoms with van der Waals surface area (Å²) in [6.07, 6.45) is 6.84. The van der Waals surface area contributed by atoms with E-state index in [1.54, 1.807) is 49.4 Å². The summed E-state index contributed by atoms with van der Waals surface area (Å²) < 4.78 is 16.5. The standard InChI is InChI=1S/C35H39N3O6/c1-4-44-35(41)23-17-19-26(20-18-23)38(31(39)21-24-22-36-29-15-9-8-13-27(24)29)32(34(40)37-25-11-6-5-7-12-25)28-14-10-16-30(42-2)33(28)43-3/h8-10,13-20,22,25,32,36H,4-7,11-12,21H2,1-3H3,(H,37,40)/t32-/m0/s1. The SMILES string of the molecule is CCOC(=O)c1ccc(N(C(=O)Cc2c[nH]c3ccccc23)[C@H](C(=O)NC2CCCCC2)c2cccc(OC)c2OC)cc1. The van der Waals surface area contributed by atoms with E-state index in [-0.39, 0.29) is 30.9 Å². The molecule has 5 rings (SSSR count). The third-order valence-electron chi connectivity index (χ3n) is 8.13. The van der Waals surface area contributed by atoms with Crippen LogP contribution in [-0.4, -0.2) is 49.6 Å². The molecule has 0 unspecified atom stereocenters. The molecule has 0 bridgehead atoms. The summed E-state index contributed by atoms with van der Waals surface area (Å²) in [5, 5.41) is 4.17. The van der Waals surface area contributed by atoms with E-state index in [1.807, 2.05) is 30.5 Å². The number of methoxy groups -OCH3 is 2. The number of H-pyrrole nitrogens is 1. The average molecular weight is 598 g/mol. The highest BCUT2D eigenvalue weighted by atomic mass is 16.5. The predicted octanol–water partition coefficient (Wildman–Crippen LogP) is 6.13. The minimum atomic E-state index is -1.09. The summed E-state index contributed by atoms with van der Waals surface area (Å²) in [6, 6.07) is 18.6. The molecule has 0 spiro atoms. The Morgan fingerprint density at radius 1 is 0.932 bits per heavy atom. The number of anilines is 1. The summed E-state index contributed by atoms with van der Waals surface area (Å²) >= 11 is 0. The molecule has 0 saturated heterocycles. The highest BCUT2D eigenvalue weighted by Gasteiger charge is 2.37. The van der Waals surface area contributed by atoms with Gasteiger partial charge in [0.1, 0.15) is 6.04 Å². The van der Waals surface area contributed by atoms with Gasteiger partial charge in [0.25, 0.3) is 0 Å². The van der Waals surface area contributed by atoms with Gasteiger partial charge in [0.15, 0.2) is 11.5 Å². The Morgan fingerprint density at radius 2 is 1.68 bits per heavy atom. The van der Waals surface area contributed by atoms with E-state index in [0.717, 1.165) is 48.6 Å². The van der Waals surface area contributed by atoms with Gasteiger partial charge in [-0.3, -0.25) is 14.5 Å². The number of carbonyl (C=O) groups excluding carboxylic acids is 3. The van der Waals surface area contributed by atoms with E-state index in [2.05, 4.69) is 10.3 Å². The first-order valence-corrected chi connectivity index (χ1v) is 15.1. The van der Waals surface area contributed by atoms with Crippen LogP contribution in [0.4, 0.5) is 5.69 Å². The summed E-state index contributed by atoms with van der Waals surface area (Å²) in [4.78, 5) is 46.1. The zero-order valence-corrected chi connectivity index (χ0v) is 25.4. The lowest BCUT2D eigenvalue weighted by atomic mass is 9.94. The Kier molecular flexibility index (Phi) is 9.84. The van der Waals surface area contributed by atoms with Crippen molar-refractivity contribution in [1.29, 1.82) is 0 Å². The first-order valence-electron chi connectivity index (χ1n) is 15.1. The van der Waals surface area contributed by atoms with Gasteiger partial charge in [0, 0.05) is 34.4 Å². The van der Waals surface area contributed by atoms with Crippen LogP contribution in [0.1, 0.15) is 66.6 Å². The number of nitrogens with one attached hydrogen (secondary N) is 2. The molecule has 3 aromatic carbocycles. The van der Waals surface area contributed by atoms with Gasteiger partial charge >= 0.3 is 5.97 Å². The zero-order chi connectivity index (χ0) is 31.1. The van der Waals surface area contributed by atoms with Gasteiger partial charge in [-0.25, -0.2) is 4.79 Å². The molecule has 1 fully saturated rings. The van der Waals surface area contributed by atoms with Crippen LogP contribution in [0.3, 0.4) is 0 Å². The Morgan fingerprint density at radius 3 is 2.39 bits per heavy atom. The molecular formula is C35H39N3O6. The van der Waals surface area contributed by atoms with Crippen molar-refractivity contribution in [2.24, 2.45) is 0 Å². The van der Waals surface area contributed by atoms with E-state index in [9.17, 15) is 14.4 Å². The number of carbonyl (C=O) groups is 3. The topological polar surface area (TPSA) is 110 Å². The molecule has 1 aliphatic carbocycles. The molecule has 1 aliphatic rings. The van der Waals surface area contributed by atoms with Crippen molar-refractivity contribution in [3.05, 3.63) is 89.6 Å². The maximum Gasteiger partial charge on any atom is 0.338 e. The van der Waals surface area contributed by atoms with Crippen LogP contribution in [-0.2, 0) is 20.7 Å². The number of aromatic amines is 1. The lowest BCUT2D eigenvalue weighted by Crippen LogP contribution is -2.48. The fourth-order valence-electron chi connectivity index (χ4n) is 5.99. The first kappa shape index (κ1) is 30.7. The van der Waals surface area contributed by atoms with Crippen molar-refractivity contribution in [3.63, 3.8) is 0 Å². The Balaban J connectivity index is 1.63. The van der Waals surface area contributed by atoms with Crippen LogP contribution in [0.5, 0.6) is 11.5 Å². The summed E-state index contributed by atoms with van der Waals surface area (Å²) in [5.74, 6) is -0.261. The second-order valence-electron chi connectivity index (χ2n) is 10.9. The fraction of sp³-hybridized carbons (Fsp3) is 0.343. The minimum Gasteiger partial charge on any atom is -0.493 e. The number of ether oxygens (including phenoxy) is 3. The zero-order valence-electron chi connectivity index (χ0n) is 25.4. The van der Waals surface area contributed by atoms with Crippen molar-refractivity contribution in [3.8, 4) is 11.5 Å². The monoisotopic (exact) mass is 597 g/mol. The molecule has 1 aromatic heterocycles. The summed E-state index contributed by atoms with van der Waals surface area (Å²) in [5.41, 5.74) is 3.02. The Labute approximate surface area is 257 Å². The molecule has 0 aliphatic heterocycles. The smallest absolute Gasteiger partial charge is 0.338 e. The van der Waals surface area contributed by atoms with E-state index >= 15 is 0 Å². The number of aromatic nitrogens is 1. The first-order chi connectivity index (χ1) is 21.4. The number of amides is 2. The summed E-state index contributed by atoms with van der Waals surface area (Å²) in [6.45, 7) is 1.99. The molecule has 0 radical (unpaired) electrons. The number of rotatable bonds is 11. The lowest BCUT2D eigenvalue weighted by Gasteiger charge is -2.34. The summed E-state index contributed by atoms with van der Waals surface area (Å²) in [7, 11) is 3.05. The van der Waals surface area contributed by atoms with Crippen molar-refractivity contribution in [2.45, 2.75) is 57.5 Å². The molecule has 9 nitrogen and oxygen atoms in total. The van der Waals surface area contributed by atoms with Crippen LogP contribution in [0.25, 0.3) is 10.9 Å². The molecule has 1 atom stereocenters. The number of nitrogens with zero attached hydrogens (tertiary/aromatic N) is 1. The number of para-hydroxylation sites is 2. The van der Waals surface area contributed by atoms with E-state index in [1.165, 1.54) is 19.1 Å². The number of hydrogen-bond donors (Lipinski definition) is 2. The number of fused-ring (bicyclic) bond motifs is 1. The second kappa shape index (κ2) is 14.1. The largest absolute Gasteiger partial charge is 0.493 e. The van der Waals surface area contributed by atoms with E-state index < -0.39 is 12.0 Å². The van der Waals surface area contributed by atoms with Crippen molar-refractivity contribution < 1.29 is 28.6 Å². The van der Waals surface area contributed by atoms with E-state index in [4.69, 9.17) is 14.2 Å². The molecule has 2 amide bonds. The Bertz CT molecular complexity index is 1610. The van der Waals surface area contributed by atoms with Gasteiger partial charge in [-0.1, -0.05) is 49.6 Å². The van der Waals surface area contributed by atoms with Crippen LogP contribution >= 0.6 is 0 Å². The van der Waals surface area contributed by atoms with Crippen LogP contribution in [0.15, 0.2) is 72.9 Å². The van der Waals surface area contributed by atoms with Gasteiger partial charge in [0.05, 0.1) is 32.8 Å². The highest BCUT2D eigenvalue weighted by molar-refractivity contribution is 6.04. The van der Waals surface area contributed by atoms with E-state index in [0.29, 0.717) is 28.3 Å². The van der Waals surface area contributed by atoms with Gasteiger partial charge in [-0.2, -0.15) is 0 Å². The Hall–Kier alpha value is -4.79. The van der Waals surface area contributed by atoms with Gasteiger partial charge < -0.3 is 24.5 Å². The van der Waals surface area contributed by atoms with Crippen LogP contribution in [0, 0.1) is 0 Å². The molecule has 1 heterocycles. The second-order valence-corrected chi connectivity index (χ2v) is 10.9. The minimum absolute atomic E-state index is 0.00659. The number of esters is 1. The van der Waals surface area contributed by atoms with Crippen molar-refractivity contribution >= 4 is 34.4 Å². The van der Waals surface area contributed by atoms with Gasteiger partial charge in [-0.15, -0.1) is 0 Å². The molecule has 2 N–H and O–H groups in total. The molecule has 9 heteroatoms. The quantitative estimate of drug-likeness (QED) is 0.201. The van der Waals surface area contributed by atoms with Gasteiger partial charge in [0.2, 0.25) is 11.8 Å². The molecule has 1 saturated carbocycles. The predicted molar refractivity (Wildman–Crippen MR) is 169 cm³/mol. The fourth-order valence-corrected chi connectivity index (χ4v) is 5.99. The van der Waals surface area contributed by atoms with Crippen LogP contribution < -0.4 is 19.7 Å². The molecule has 230 valence electrons. The van der Waals surface area contributed by atoms with Crippen molar-refractivity contribution in [2.75, 3.05) is 25.7 Å². The maximum absolute atomic E-state index is 14.5. The highest BCUT2D eigenvalue weighted by Crippen LogP contribution is 2.40. The molecule has 4 aromatic rings. The molecule has 44 heavy (non-hydrogen) atoms. The maximum atomic E-state index is 14.5. The number of benzene rings is 3. The van der Waals surface area contributed by atoms with Gasteiger partial charge in [-0.05, 0) is 61.7 Å². The average Bonchev–Trinajstić information content (AvgIpc) is 3.46. The number of hydrogen-bond acceptors (Lipinski definition) is 6. The van der Waals surface area contributed by atoms with Crippen LogP contribution in [0.2, 0.25) is 0 Å².